The first kappa shape index (κ1) is 23.6. The highest BCUT2D eigenvalue weighted by Crippen LogP contribution is 2.33. The molecule has 1 unspecified atom stereocenters. The van der Waals surface area contributed by atoms with Crippen molar-refractivity contribution < 1.29 is 23.1 Å². The topological polar surface area (TPSA) is 71.5 Å². The molecule has 2 amide bonds. The molecule has 1 N–H and O–H groups in total. The number of carbonyl (C=O) groups is 2. The number of carbonyl (C=O) groups excluding carboxylic acids is 2. The first-order valence-corrected chi connectivity index (χ1v) is 11.0. The van der Waals surface area contributed by atoms with Crippen LogP contribution in [0.25, 0.3) is 11.1 Å². The number of benzene rings is 2. The number of anilines is 1. The van der Waals surface area contributed by atoms with E-state index in [-0.39, 0.29) is 12.1 Å². The molecule has 2 aromatic carbocycles. The molecule has 0 spiro atoms. The molecular weight excluding hydrogens is 464 g/mol. The molecular formula is C25H22ClF2N3O3. The Morgan fingerprint density at radius 3 is 2.65 bits per heavy atom. The number of amides is 2. The molecule has 0 radical (unpaired) electrons. The number of ether oxygens (including phenoxy) is 1. The summed E-state index contributed by atoms with van der Waals surface area (Å²) in [5.41, 5.74) is 2.14. The number of likely N-dealkylation sites (tertiary alicyclic amines) is 1. The SMILES string of the molecule is COc1cc(-c2cccc(C(=O)N3CC(C(=O)Nc4cccc(Cl)c4)CC(F)(F)C3)c2)ccn1. The van der Waals surface area contributed by atoms with Crippen LogP contribution in [0.1, 0.15) is 16.8 Å². The van der Waals surface area contributed by atoms with Crippen LogP contribution in [-0.2, 0) is 4.79 Å². The van der Waals surface area contributed by atoms with Gasteiger partial charge in [-0.2, -0.15) is 0 Å². The van der Waals surface area contributed by atoms with Crippen molar-refractivity contribution in [3.63, 3.8) is 0 Å². The number of nitrogens with one attached hydrogen (secondary N) is 1. The van der Waals surface area contributed by atoms with Crippen molar-refractivity contribution in [3.8, 4) is 17.0 Å². The minimum absolute atomic E-state index is 0.117. The van der Waals surface area contributed by atoms with E-state index in [0.717, 1.165) is 10.5 Å². The fraction of sp³-hybridized carbons (Fsp3) is 0.240. The Labute approximate surface area is 200 Å². The molecule has 3 aromatic rings. The highest BCUT2D eigenvalue weighted by molar-refractivity contribution is 6.30. The largest absolute Gasteiger partial charge is 0.481 e. The lowest BCUT2D eigenvalue weighted by Crippen LogP contribution is -2.52. The summed E-state index contributed by atoms with van der Waals surface area (Å²) in [5, 5.41) is 3.03. The van der Waals surface area contributed by atoms with E-state index in [1.807, 2.05) is 0 Å². The zero-order chi connectivity index (χ0) is 24.3. The number of halogens is 3. The Hall–Kier alpha value is -3.52. The summed E-state index contributed by atoms with van der Waals surface area (Å²) in [4.78, 5) is 31.0. The predicted molar refractivity (Wildman–Crippen MR) is 125 cm³/mol. The van der Waals surface area contributed by atoms with Gasteiger partial charge in [-0.25, -0.2) is 13.8 Å². The first-order valence-electron chi connectivity index (χ1n) is 10.6. The van der Waals surface area contributed by atoms with Crippen LogP contribution in [0.15, 0.2) is 66.9 Å². The van der Waals surface area contributed by atoms with Crippen LogP contribution in [0.2, 0.25) is 5.02 Å². The van der Waals surface area contributed by atoms with Gasteiger partial charge in [-0.1, -0.05) is 29.8 Å². The number of aromatic nitrogens is 1. The Kier molecular flexibility index (Phi) is 6.79. The highest BCUT2D eigenvalue weighted by Gasteiger charge is 2.44. The van der Waals surface area contributed by atoms with Crippen molar-refractivity contribution in [1.29, 1.82) is 0 Å². The first-order chi connectivity index (χ1) is 16.2. The maximum Gasteiger partial charge on any atom is 0.266 e. The lowest BCUT2D eigenvalue weighted by atomic mass is 9.93. The van der Waals surface area contributed by atoms with Gasteiger partial charge >= 0.3 is 0 Å². The lowest BCUT2D eigenvalue weighted by molar-refractivity contribution is -0.130. The fourth-order valence-corrected chi connectivity index (χ4v) is 4.15. The average molecular weight is 486 g/mol. The van der Waals surface area contributed by atoms with Crippen LogP contribution in [0.3, 0.4) is 0 Å². The number of rotatable bonds is 5. The smallest absolute Gasteiger partial charge is 0.266 e. The number of methoxy groups -OCH3 is 1. The second-order valence-electron chi connectivity index (χ2n) is 8.11. The second kappa shape index (κ2) is 9.77. The average Bonchev–Trinajstić information content (AvgIpc) is 2.82. The van der Waals surface area contributed by atoms with Crippen LogP contribution < -0.4 is 10.1 Å². The van der Waals surface area contributed by atoms with Gasteiger partial charge in [0.1, 0.15) is 0 Å². The normalized spacial score (nSPS) is 17.2. The van der Waals surface area contributed by atoms with Crippen molar-refractivity contribution in [2.45, 2.75) is 12.3 Å². The van der Waals surface area contributed by atoms with Crippen LogP contribution in [0.4, 0.5) is 14.5 Å². The number of hydrogen-bond acceptors (Lipinski definition) is 4. The molecule has 0 bridgehead atoms. The zero-order valence-electron chi connectivity index (χ0n) is 18.3. The third-order valence-electron chi connectivity index (χ3n) is 5.54. The number of piperidine rings is 1. The zero-order valence-corrected chi connectivity index (χ0v) is 19.1. The van der Waals surface area contributed by atoms with Crippen LogP contribution in [-0.4, -0.2) is 47.8 Å². The molecule has 1 atom stereocenters. The summed E-state index contributed by atoms with van der Waals surface area (Å²) in [6, 6.07) is 16.6. The molecule has 1 saturated heterocycles. The van der Waals surface area contributed by atoms with Crippen molar-refractivity contribution in [2.75, 3.05) is 25.5 Å². The Morgan fingerprint density at radius 1 is 1.12 bits per heavy atom. The van der Waals surface area contributed by atoms with Crippen molar-refractivity contribution >= 4 is 29.1 Å². The molecule has 34 heavy (non-hydrogen) atoms. The van der Waals surface area contributed by atoms with E-state index < -0.39 is 36.6 Å². The van der Waals surface area contributed by atoms with E-state index in [2.05, 4.69) is 10.3 Å². The maximum atomic E-state index is 14.6. The van der Waals surface area contributed by atoms with Crippen molar-refractivity contribution in [2.24, 2.45) is 5.92 Å². The molecule has 9 heteroatoms. The van der Waals surface area contributed by atoms with Gasteiger partial charge < -0.3 is 15.0 Å². The van der Waals surface area contributed by atoms with Gasteiger partial charge in [-0.15, -0.1) is 0 Å². The van der Waals surface area contributed by atoms with Crippen molar-refractivity contribution in [3.05, 3.63) is 77.4 Å². The molecule has 1 aliphatic heterocycles. The monoisotopic (exact) mass is 485 g/mol. The number of pyridine rings is 1. The molecule has 0 saturated carbocycles. The molecule has 6 nitrogen and oxygen atoms in total. The van der Waals surface area contributed by atoms with E-state index in [9.17, 15) is 18.4 Å². The van der Waals surface area contributed by atoms with E-state index in [0.29, 0.717) is 22.2 Å². The second-order valence-corrected chi connectivity index (χ2v) is 8.55. The third kappa shape index (κ3) is 5.51. The molecule has 1 aliphatic rings. The van der Waals surface area contributed by atoms with Crippen LogP contribution >= 0.6 is 11.6 Å². The Balaban J connectivity index is 1.53. The molecule has 1 fully saturated rings. The van der Waals surface area contributed by atoms with E-state index in [1.165, 1.54) is 13.2 Å². The van der Waals surface area contributed by atoms with Crippen LogP contribution in [0, 0.1) is 5.92 Å². The minimum Gasteiger partial charge on any atom is -0.481 e. The predicted octanol–water partition coefficient (Wildman–Crippen LogP) is 5.15. The summed E-state index contributed by atoms with van der Waals surface area (Å²) in [5.74, 6) is -5.00. The van der Waals surface area contributed by atoms with E-state index >= 15 is 0 Å². The van der Waals surface area contributed by atoms with Gasteiger partial charge in [0.25, 0.3) is 11.8 Å². The maximum absolute atomic E-state index is 14.6. The van der Waals surface area contributed by atoms with Crippen LogP contribution in [0.5, 0.6) is 5.88 Å². The van der Waals surface area contributed by atoms with Gasteiger partial charge in [0.2, 0.25) is 11.8 Å². The van der Waals surface area contributed by atoms with E-state index in [4.69, 9.17) is 16.3 Å². The number of nitrogens with zero attached hydrogens (tertiary/aromatic N) is 2. The lowest BCUT2D eigenvalue weighted by Gasteiger charge is -2.37. The fourth-order valence-electron chi connectivity index (χ4n) is 3.96. The van der Waals surface area contributed by atoms with Gasteiger partial charge in [-0.3, -0.25) is 9.59 Å². The number of hydrogen-bond donors (Lipinski definition) is 1. The van der Waals surface area contributed by atoms with Gasteiger partial charge in [0.05, 0.1) is 19.6 Å². The molecule has 2 heterocycles. The van der Waals surface area contributed by atoms with Gasteiger partial charge in [0, 0.05) is 41.5 Å². The number of alkyl halides is 2. The summed E-state index contributed by atoms with van der Waals surface area (Å²) in [6.45, 7) is -0.867. The quantitative estimate of drug-likeness (QED) is 0.542. The standard InChI is InChI=1S/C25H22ClF2N3O3/c1-34-22-11-17(8-9-29-22)16-4-2-5-18(10-16)24(33)31-14-19(13-25(27,28)15-31)23(32)30-21-7-3-6-20(26)12-21/h2-12,19H,13-15H2,1H3,(H,30,32). The summed E-state index contributed by atoms with van der Waals surface area (Å²) in [6.07, 6.45) is 0.941. The van der Waals surface area contributed by atoms with Crippen molar-refractivity contribution in [1.82, 2.24) is 9.88 Å². The minimum atomic E-state index is -3.19. The summed E-state index contributed by atoms with van der Waals surface area (Å²) in [7, 11) is 1.50. The van der Waals surface area contributed by atoms with Gasteiger partial charge in [-0.05, 0) is 47.5 Å². The molecule has 0 aliphatic carbocycles. The molecule has 176 valence electrons. The third-order valence-corrected chi connectivity index (χ3v) is 5.78. The van der Waals surface area contributed by atoms with Gasteiger partial charge in [0.15, 0.2) is 0 Å². The molecule has 4 rings (SSSR count). The Bertz CT molecular complexity index is 1220. The summed E-state index contributed by atoms with van der Waals surface area (Å²) >= 11 is 5.93. The van der Waals surface area contributed by atoms with E-state index in [1.54, 1.807) is 60.8 Å². The Morgan fingerprint density at radius 2 is 1.88 bits per heavy atom. The molecule has 1 aromatic heterocycles. The summed E-state index contributed by atoms with van der Waals surface area (Å²) < 4.78 is 34.3. The highest BCUT2D eigenvalue weighted by atomic mass is 35.5.